The zero-order valence-electron chi connectivity index (χ0n) is 14.6. The van der Waals surface area contributed by atoms with Crippen molar-refractivity contribution in [2.24, 2.45) is 0 Å². The van der Waals surface area contributed by atoms with Crippen LogP contribution in [0.25, 0.3) is 10.6 Å². The van der Waals surface area contributed by atoms with E-state index in [-0.39, 0.29) is 16.3 Å². The van der Waals surface area contributed by atoms with Crippen LogP contribution in [0.1, 0.15) is 20.7 Å². The van der Waals surface area contributed by atoms with Gasteiger partial charge >= 0.3 is 0 Å². The summed E-state index contributed by atoms with van der Waals surface area (Å²) in [6.07, 6.45) is 0. The predicted octanol–water partition coefficient (Wildman–Crippen LogP) is 2.35. The van der Waals surface area contributed by atoms with Gasteiger partial charge in [0.15, 0.2) is 0 Å². The van der Waals surface area contributed by atoms with Crippen molar-refractivity contribution < 1.29 is 19.3 Å². The van der Waals surface area contributed by atoms with E-state index in [2.05, 4.69) is 15.5 Å². The van der Waals surface area contributed by atoms with E-state index in [0.717, 1.165) is 23.0 Å². The van der Waals surface area contributed by atoms with Crippen LogP contribution in [0.3, 0.4) is 0 Å². The molecular weight excluding hydrogens is 398 g/mol. The van der Waals surface area contributed by atoms with E-state index in [1.54, 1.807) is 0 Å². The predicted molar refractivity (Wildman–Crippen MR) is 102 cm³/mol. The molecule has 10 nitrogen and oxygen atoms in total. The lowest BCUT2D eigenvalue weighted by Gasteiger charge is -2.12. The number of nitro benzene ring substituents is 1. The minimum absolute atomic E-state index is 0.0979. The van der Waals surface area contributed by atoms with Gasteiger partial charge in [0.2, 0.25) is 11.0 Å². The first-order valence-electron chi connectivity index (χ1n) is 8.28. The highest BCUT2D eigenvalue weighted by Gasteiger charge is 2.41. The molecule has 0 saturated heterocycles. The number of nitrogens with one attached hydrogen (secondary N) is 1. The molecule has 3 amide bonds. The van der Waals surface area contributed by atoms with Crippen molar-refractivity contribution in [3.63, 3.8) is 0 Å². The first-order chi connectivity index (χ1) is 14.0. The maximum atomic E-state index is 12.5. The van der Waals surface area contributed by atoms with Gasteiger partial charge in [-0.1, -0.05) is 47.7 Å². The Balaban J connectivity index is 1.49. The number of carbonyl (C=O) groups is 3. The standard InChI is InChI=1S/C18H11N5O5S/c24-13(19-18-21-20-15(29-18)10-5-2-1-3-6-10)9-22-16(25)11-7-4-8-12(23(27)28)14(11)17(22)26/h1-8H,9H2,(H,19,21,24). The Morgan fingerprint density at radius 3 is 2.55 bits per heavy atom. The molecule has 1 aliphatic heterocycles. The summed E-state index contributed by atoms with van der Waals surface area (Å²) in [6, 6.07) is 13.0. The lowest BCUT2D eigenvalue weighted by molar-refractivity contribution is -0.385. The van der Waals surface area contributed by atoms with Crippen LogP contribution in [0.5, 0.6) is 0 Å². The van der Waals surface area contributed by atoms with Crippen molar-refractivity contribution in [1.82, 2.24) is 15.1 Å². The fraction of sp³-hybridized carbons (Fsp3) is 0.0556. The van der Waals surface area contributed by atoms with Crippen LogP contribution < -0.4 is 5.32 Å². The van der Waals surface area contributed by atoms with Gasteiger partial charge in [-0.3, -0.25) is 34.7 Å². The number of carbonyl (C=O) groups excluding carboxylic acids is 3. The second-order valence-electron chi connectivity index (χ2n) is 5.98. The molecule has 1 aromatic heterocycles. The maximum absolute atomic E-state index is 12.5. The van der Waals surface area contributed by atoms with Crippen molar-refractivity contribution in [3.8, 4) is 10.6 Å². The fourth-order valence-corrected chi connectivity index (χ4v) is 3.65. The molecule has 1 N–H and O–H groups in total. The topological polar surface area (TPSA) is 135 Å². The average molecular weight is 409 g/mol. The molecule has 29 heavy (non-hydrogen) atoms. The maximum Gasteiger partial charge on any atom is 0.282 e. The van der Waals surface area contributed by atoms with E-state index in [9.17, 15) is 24.5 Å². The van der Waals surface area contributed by atoms with E-state index in [1.807, 2.05) is 30.3 Å². The molecule has 0 saturated carbocycles. The van der Waals surface area contributed by atoms with Crippen molar-refractivity contribution >= 4 is 39.9 Å². The van der Waals surface area contributed by atoms with Gasteiger partial charge in [-0.15, -0.1) is 10.2 Å². The Hall–Kier alpha value is -3.99. The average Bonchev–Trinajstić information content (AvgIpc) is 3.27. The molecule has 1 aliphatic rings. The number of anilines is 1. The Labute approximate surface area is 166 Å². The number of fused-ring (bicyclic) bond motifs is 1. The summed E-state index contributed by atoms with van der Waals surface area (Å²) in [5.41, 5.74) is -0.0459. The van der Waals surface area contributed by atoms with Crippen LogP contribution in [0.2, 0.25) is 0 Å². The number of amides is 3. The van der Waals surface area contributed by atoms with Gasteiger partial charge in [0.05, 0.1) is 10.5 Å². The molecule has 0 aliphatic carbocycles. The fourth-order valence-electron chi connectivity index (χ4n) is 2.88. The minimum Gasteiger partial charge on any atom is -0.299 e. The Morgan fingerprint density at radius 2 is 1.83 bits per heavy atom. The van der Waals surface area contributed by atoms with E-state index >= 15 is 0 Å². The summed E-state index contributed by atoms with van der Waals surface area (Å²) >= 11 is 1.14. The third-order valence-corrected chi connectivity index (χ3v) is 5.06. The van der Waals surface area contributed by atoms with Crippen molar-refractivity contribution in [2.75, 3.05) is 11.9 Å². The number of benzene rings is 2. The number of nitrogens with zero attached hydrogens (tertiary/aromatic N) is 4. The Morgan fingerprint density at radius 1 is 1.07 bits per heavy atom. The highest BCUT2D eigenvalue weighted by atomic mass is 32.1. The number of nitro groups is 1. The van der Waals surface area contributed by atoms with Gasteiger partial charge in [0, 0.05) is 11.6 Å². The summed E-state index contributed by atoms with van der Waals surface area (Å²) in [6.45, 7) is -0.594. The van der Waals surface area contributed by atoms with Crippen LogP contribution in [0, 0.1) is 10.1 Å². The SMILES string of the molecule is O=C(CN1C(=O)c2cccc([N+](=O)[O-])c2C1=O)Nc1nnc(-c2ccccc2)s1. The van der Waals surface area contributed by atoms with Gasteiger partial charge in [-0.25, -0.2) is 0 Å². The molecule has 0 fully saturated rings. The molecule has 2 aromatic carbocycles. The molecule has 3 aromatic rings. The van der Waals surface area contributed by atoms with E-state index in [0.29, 0.717) is 9.91 Å². The lowest BCUT2D eigenvalue weighted by Crippen LogP contribution is -2.37. The van der Waals surface area contributed by atoms with E-state index in [1.165, 1.54) is 12.1 Å². The van der Waals surface area contributed by atoms with Gasteiger partial charge in [0.25, 0.3) is 17.5 Å². The molecule has 0 bridgehead atoms. The van der Waals surface area contributed by atoms with Crippen LogP contribution in [-0.4, -0.2) is 44.3 Å². The highest BCUT2D eigenvalue weighted by Crippen LogP contribution is 2.31. The summed E-state index contributed by atoms with van der Waals surface area (Å²) in [5, 5.41) is 22.3. The molecule has 11 heteroatoms. The lowest BCUT2D eigenvalue weighted by atomic mass is 10.1. The van der Waals surface area contributed by atoms with Crippen molar-refractivity contribution in [1.29, 1.82) is 0 Å². The van der Waals surface area contributed by atoms with Gasteiger partial charge in [-0.05, 0) is 6.07 Å². The summed E-state index contributed by atoms with van der Waals surface area (Å²) in [5.74, 6) is -2.31. The monoisotopic (exact) mass is 409 g/mol. The number of hydrogen-bond acceptors (Lipinski definition) is 8. The third-order valence-electron chi connectivity index (χ3n) is 4.17. The molecule has 2 heterocycles. The van der Waals surface area contributed by atoms with Crippen LogP contribution in [0.15, 0.2) is 48.5 Å². The Kier molecular flexibility index (Phi) is 4.56. The normalized spacial score (nSPS) is 12.8. The molecule has 0 spiro atoms. The molecular formula is C18H11N5O5S. The number of rotatable bonds is 5. The third kappa shape index (κ3) is 3.34. The second kappa shape index (κ2) is 7.20. The quantitative estimate of drug-likeness (QED) is 0.388. The van der Waals surface area contributed by atoms with E-state index in [4.69, 9.17) is 0 Å². The zero-order chi connectivity index (χ0) is 20.5. The van der Waals surface area contributed by atoms with E-state index < -0.39 is 34.9 Å². The van der Waals surface area contributed by atoms with Gasteiger partial charge < -0.3 is 0 Å². The molecule has 0 atom stereocenters. The molecule has 0 unspecified atom stereocenters. The number of aromatic nitrogens is 2. The van der Waals surface area contributed by atoms with Crippen LogP contribution in [0.4, 0.5) is 10.8 Å². The molecule has 4 rings (SSSR count). The van der Waals surface area contributed by atoms with Crippen LogP contribution in [-0.2, 0) is 4.79 Å². The summed E-state index contributed by atoms with van der Waals surface area (Å²) < 4.78 is 0. The van der Waals surface area contributed by atoms with Gasteiger partial charge in [0.1, 0.15) is 17.1 Å². The number of hydrogen-bond donors (Lipinski definition) is 1. The minimum atomic E-state index is -0.880. The summed E-state index contributed by atoms with van der Waals surface area (Å²) in [7, 11) is 0. The number of imide groups is 1. The molecule has 144 valence electrons. The van der Waals surface area contributed by atoms with Crippen molar-refractivity contribution in [2.45, 2.75) is 0 Å². The zero-order valence-corrected chi connectivity index (χ0v) is 15.4. The van der Waals surface area contributed by atoms with Gasteiger partial charge in [-0.2, -0.15) is 0 Å². The van der Waals surface area contributed by atoms with Crippen LogP contribution >= 0.6 is 11.3 Å². The smallest absolute Gasteiger partial charge is 0.282 e. The van der Waals surface area contributed by atoms with Crippen molar-refractivity contribution in [3.05, 3.63) is 69.8 Å². The second-order valence-corrected chi connectivity index (χ2v) is 6.96. The highest BCUT2D eigenvalue weighted by molar-refractivity contribution is 7.18. The molecule has 0 radical (unpaired) electrons. The Bertz CT molecular complexity index is 1160. The first kappa shape index (κ1) is 18.4. The largest absolute Gasteiger partial charge is 0.299 e. The first-order valence-corrected chi connectivity index (χ1v) is 9.09. The summed E-state index contributed by atoms with van der Waals surface area (Å²) in [4.78, 5) is 48.3.